The number of hydrogen-bond donors (Lipinski definition) is 4. The van der Waals surface area contributed by atoms with Gasteiger partial charge in [0.1, 0.15) is 6.10 Å². The van der Waals surface area contributed by atoms with Crippen LogP contribution in [0.1, 0.15) is 181 Å². The molecule has 0 aromatic rings. The maximum atomic E-state index is 12.5. The minimum atomic E-state index is -4.39. The molecule has 0 spiro atoms. The van der Waals surface area contributed by atoms with Gasteiger partial charge in [0.25, 0.3) is 10.1 Å². The zero-order valence-corrected chi connectivity index (χ0v) is 27.6. The van der Waals surface area contributed by atoms with E-state index >= 15 is 0 Å². The van der Waals surface area contributed by atoms with Crippen LogP contribution in [0.2, 0.25) is 0 Å². The summed E-state index contributed by atoms with van der Waals surface area (Å²) in [4.78, 5) is 12.5. The third kappa shape index (κ3) is 27.9. The standard InChI is InChI=1S/C33H67NO6S/c1-3-5-7-9-11-13-15-17-19-21-23-25-27-31(35)30(29-41(38,39)40)34-33(37)32(36)28-26-24-22-20-18-16-14-12-10-8-6-4-2/h30-32,35-36H,3-29H2,1-2H3,(H,34,37)(H,38,39,40). The van der Waals surface area contributed by atoms with Gasteiger partial charge in [-0.05, 0) is 12.8 Å². The van der Waals surface area contributed by atoms with Crippen LogP contribution in [-0.2, 0) is 14.9 Å². The summed E-state index contributed by atoms with van der Waals surface area (Å²) < 4.78 is 32.3. The molecule has 1 amide bonds. The maximum Gasteiger partial charge on any atom is 0.266 e. The van der Waals surface area contributed by atoms with Crippen LogP contribution in [-0.4, -0.2) is 53.1 Å². The van der Waals surface area contributed by atoms with Crippen LogP contribution in [0.5, 0.6) is 0 Å². The third-order valence-electron chi connectivity index (χ3n) is 8.17. The first-order valence-electron chi connectivity index (χ1n) is 17.3. The molecule has 3 unspecified atom stereocenters. The highest BCUT2D eigenvalue weighted by atomic mass is 32.2. The molecule has 0 aromatic heterocycles. The Morgan fingerprint density at radius 1 is 0.561 bits per heavy atom. The molecule has 0 saturated heterocycles. The SMILES string of the molecule is CCCCCCCCCCCCCCC(O)C(=O)NC(CS(=O)(=O)O)C(O)CCCCCCCCCCCCCC. The van der Waals surface area contributed by atoms with Crippen LogP contribution in [0, 0.1) is 0 Å². The lowest BCUT2D eigenvalue weighted by atomic mass is 10.0. The highest BCUT2D eigenvalue weighted by molar-refractivity contribution is 7.85. The maximum absolute atomic E-state index is 12.5. The van der Waals surface area contributed by atoms with Gasteiger partial charge in [-0.3, -0.25) is 9.35 Å². The summed E-state index contributed by atoms with van der Waals surface area (Å²) in [5.41, 5.74) is 0. The molecule has 7 nitrogen and oxygen atoms in total. The van der Waals surface area contributed by atoms with Gasteiger partial charge in [0, 0.05) is 0 Å². The van der Waals surface area contributed by atoms with Crippen molar-refractivity contribution in [2.75, 3.05) is 5.75 Å². The Morgan fingerprint density at radius 2 is 0.878 bits per heavy atom. The van der Waals surface area contributed by atoms with E-state index in [-0.39, 0.29) is 0 Å². The topological polar surface area (TPSA) is 124 Å². The normalized spacial score (nSPS) is 14.2. The Balaban J connectivity index is 4.08. The van der Waals surface area contributed by atoms with Crippen molar-refractivity contribution in [3.05, 3.63) is 0 Å². The smallest absolute Gasteiger partial charge is 0.266 e. The van der Waals surface area contributed by atoms with Crippen LogP contribution in [0.25, 0.3) is 0 Å². The number of carbonyl (C=O) groups excluding carboxylic acids is 1. The van der Waals surface area contributed by atoms with E-state index < -0.39 is 40.0 Å². The summed E-state index contributed by atoms with van der Waals surface area (Å²) >= 11 is 0. The minimum Gasteiger partial charge on any atom is -0.391 e. The quantitative estimate of drug-likeness (QED) is 0.0466. The molecule has 0 radical (unpaired) electrons. The van der Waals surface area contributed by atoms with Crippen molar-refractivity contribution in [1.29, 1.82) is 0 Å². The van der Waals surface area contributed by atoms with Crippen molar-refractivity contribution in [2.24, 2.45) is 0 Å². The summed E-state index contributed by atoms with van der Waals surface area (Å²) in [5, 5.41) is 23.4. The van der Waals surface area contributed by atoms with Crippen molar-refractivity contribution in [3.8, 4) is 0 Å². The average Bonchev–Trinajstić information content (AvgIpc) is 2.92. The molecule has 8 heteroatoms. The van der Waals surface area contributed by atoms with E-state index in [0.717, 1.165) is 44.9 Å². The van der Waals surface area contributed by atoms with Crippen LogP contribution in [0.15, 0.2) is 0 Å². The lowest BCUT2D eigenvalue weighted by Gasteiger charge is -2.24. The largest absolute Gasteiger partial charge is 0.391 e. The first kappa shape index (κ1) is 40.3. The summed E-state index contributed by atoms with van der Waals surface area (Å²) in [5.74, 6) is -1.45. The van der Waals surface area contributed by atoms with Crippen molar-refractivity contribution in [2.45, 2.75) is 199 Å². The fourth-order valence-corrected chi connectivity index (χ4v) is 6.22. The molecule has 0 heterocycles. The number of hydrogen-bond acceptors (Lipinski definition) is 5. The molecule has 0 aliphatic carbocycles. The number of rotatable bonds is 31. The molecule has 3 atom stereocenters. The molecule has 0 aliphatic rings. The fourth-order valence-electron chi connectivity index (χ4n) is 5.46. The van der Waals surface area contributed by atoms with E-state index in [9.17, 15) is 28.0 Å². The van der Waals surface area contributed by atoms with E-state index in [0.29, 0.717) is 12.8 Å². The lowest BCUT2D eigenvalue weighted by molar-refractivity contribution is -0.131. The Hall–Kier alpha value is -0.700. The van der Waals surface area contributed by atoms with Crippen LogP contribution in [0.4, 0.5) is 0 Å². The van der Waals surface area contributed by atoms with E-state index in [2.05, 4.69) is 19.2 Å². The van der Waals surface area contributed by atoms with Crippen molar-refractivity contribution in [3.63, 3.8) is 0 Å². The summed E-state index contributed by atoms with van der Waals surface area (Å²) in [6.45, 7) is 4.47. The molecule has 0 aliphatic heterocycles. The van der Waals surface area contributed by atoms with E-state index in [1.807, 2.05) is 0 Å². The van der Waals surface area contributed by atoms with Gasteiger partial charge >= 0.3 is 0 Å². The fraction of sp³-hybridized carbons (Fsp3) is 0.970. The van der Waals surface area contributed by atoms with Gasteiger partial charge in [0.2, 0.25) is 5.91 Å². The number of unbranched alkanes of at least 4 members (excludes halogenated alkanes) is 22. The van der Waals surface area contributed by atoms with Gasteiger partial charge in [0.05, 0.1) is 17.9 Å². The van der Waals surface area contributed by atoms with E-state index in [4.69, 9.17) is 0 Å². The first-order valence-corrected chi connectivity index (χ1v) is 18.9. The number of carbonyl (C=O) groups is 1. The molecule has 4 N–H and O–H groups in total. The van der Waals surface area contributed by atoms with Gasteiger partial charge in [-0.1, -0.05) is 168 Å². The molecular formula is C33H67NO6S. The van der Waals surface area contributed by atoms with Crippen molar-refractivity contribution < 1.29 is 28.0 Å². The number of aliphatic hydroxyl groups is 2. The molecule has 246 valence electrons. The van der Waals surface area contributed by atoms with Gasteiger partial charge in [-0.2, -0.15) is 8.42 Å². The van der Waals surface area contributed by atoms with Gasteiger partial charge in [-0.15, -0.1) is 0 Å². The molecule has 0 aromatic carbocycles. The summed E-state index contributed by atoms with van der Waals surface area (Å²) in [7, 11) is -4.39. The van der Waals surface area contributed by atoms with Crippen molar-refractivity contribution in [1.82, 2.24) is 5.32 Å². The first-order chi connectivity index (χ1) is 19.7. The zero-order chi connectivity index (χ0) is 30.6. The third-order valence-corrected chi connectivity index (χ3v) is 8.95. The predicted octanol–water partition coefficient (Wildman–Crippen LogP) is 8.26. The lowest BCUT2D eigenvalue weighted by Crippen LogP contribution is -2.50. The molecule has 41 heavy (non-hydrogen) atoms. The van der Waals surface area contributed by atoms with E-state index in [1.165, 1.54) is 109 Å². The van der Waals surface area contributed by atoms with Gasteiger partial charge < -0.3 is 15.5 Å². The number of nitrogens with one attached hydrogen (secondary N) is 1. The number of aliphatic hydroxyl groups excluding tert-OH is 2. The Bertz CT molecular complexity index is 687. The molecule has 0 bridgehead atoms. The van der Waals surface area contributed by atoms with Gasteiger partial charge in [0.15, 0.2) is 0 Å². The van der Waals surface area contributed by atoms with Crippen LogP contribution < -0.4 is 5.32 Å². The predicted molar refractivity (Wildman–Crippen MR) is 172 cm³/mol. The Labute approximate surface area is 253 Å². The second kappa shape index (κ2) is 28.1. The molecular weight excluding hydrogens is 538 g/mol. The second-order valence-electron chi connectivity index (χ2n) is 12.3. The zero-order valence-electron chi connectivity index (χ0n) is 26.8. The molecule has 0 fully saturated rings. The highest BCUT2D eigenvalue weighted by Gasteiger charge is 2.28. The Morgan fingerprint density at radius 3 is 1.22 bits per heavy atom. The highest BCUT2D eigenvalue weighted by Crippen LogP contribution is 2.16. The van der Waals surface area contributed by atoms with Crippen molar-refractivity contribution >= 4 is 16.0 Å². The monoisotopic (exact) mass is 605 g/mol. The van der Waals surface area contributed by atoms with Crippen LogP contribution >= 0.6 is 0 Å². The van der Waals surface area contributed by atoms with Gasteiger partial charge in [-0.25, -0.2) is 0 Å². The van der Waals surface area contributed by atoms with E-state index in [1.54, 1.807) is 0 Å². The minimum absolute atomic E-state index is 0.302. The molecule has 0 saturated carbocycles. The van der Waals surface area contributed by atoms with Crippen LogP contribution in [0.3, 0.4) is 0 Å². The molecule has 0 rings (SSSR count). The summed E-state index contributed by atoms with van der Waals surface area (Å²) in [6, 6.07) is -1.14. The second-order valence-corrected chi connectivity index (χ2v) is 13.8. The summed E-state index contributed by atoms with van der Waals surface area (Å²) in [6.07, 6.45) is 26.9. The Kier molecular flexibility index (Phi) is 27.6. The average molecular weight is 606 g/mol. The number of amides is 1.